The second-order valence-electron chi connectivity index (χ2n) is 3.57. The number of ether oxygens (including phenoxy) is 1. The van der Waals surface area contributed by atoms with Gasteiger partial charge in [-0.15, -0.1) is 0 Å². The Bertz CT molecular complexity index is 379. The maximum atomic E-state index is 13.2. The van der Waals surface area contributed by atoms with Gasteiger partial charge in [0.15, 0.2) is 6.10 Å². The number of rotatable bonds is 4. The zero-order valence-electron chi connectivity index (χ0n) is 9.71. The van der Waals surface area contributed by atoms with E-state index in [0.717, 1.165) is 0 Å². The maximum absolute atomic E-state index is 13.2. The van der Waals surface area contributed by atoms with E-state index >= 15 is 0 Å². The van der Waals surface area contributed by atoms with Crippen LogP contribution in [0.25, 0.3) is 0 Å². The van der Waals surface area contributed by atoms with E-state index in [1.165, 1.54) is 6.07 Å². The van der Waals surface area contributed by atoms with Gasteiger partial charge in [-0.05, 0) is 32.4 Å². The number of amides is 1. The van der Waals surface area contributed by atoms with Gasteiger partial charge in [0.1, 0.15) is 11.6 Å². The highest BCUT2D eigenvalue weighted by atomic mass is 19.1. The van der Waals surface area contributed by atoms with Crippen LogP contribution >= 0.6 is 0 Å². The van der Waals surface area contributed by atoms with Gasteiger partial charge >= 0.3 is 0 Å². The van der Waals surface area contributed by atoms with Crippen molar-refractivity contribution in [1.82, 2.24) is 5.32 Å². The highest BCUT2D eigenvalue weighted by molar-refractivity contribution is 5.80. The SMILES string of the molecule is CCNC(=O)C(C)Oc1ccc(C)c(F)c1. The molecule has 0 aliphatic carbocycles. The molecule has 0 saturated heterocycles. The number of benzene rings is 1. The molecule has 0 spiro atoms. The number of hydrogen-bond acceptors (Lipinski definition) is 2. The molecule has 3 nitrogen and oxygen atoms in total. The summed E-state index contributed by atoms with van der Waals surface area (Å²) in [5.74, 6) is -0.175. The van der Waals surface area contributed by atoms with E-state index in [-0.39, 0.29) is 11.7 Å². The quantitative estimate of drug-likeness (QED) is 0.851. The molecule has 1 N–H and O–H groups in total. The molecule has 1 aromatic rings. The molecule has 16 heavy (non-hydrogen) atoms. The smallest absolute Gasteiger partial charge is 0.260 e. The van der Waals surface area contributed by atoms with Crippen molar-refractivity contribution < 1.29 is 13.9 Å². The minimum atomic E-state index is -0.623. The van der Waals surface area contributed by atoms with Crippen LogP contribution < -0.4 is 10.1 Å². The molecule has 4 heteroatoms. The second-order valence-corrected chi connectivity index (χ2v) is 3.57. The lowest BCUT2D eigenvalue weighted by Gasteiger charge is -2.14. The molecule has 1 atom stereocenters. The summed E-state index contributed by atoms with van der Waals surface area (Å²) in [6.07, 6.45) is -0.623. The third-order valence-corrected chi connectivity index (χ3v) is 2.18. The van der Waals surface area contributed by atoms with E-state index in [1.807, 2.05) is 6.92 Å². The van der Waals surface area contributed by atoms with Crippen molar-refractivity contribution in [3.63, 3.8) is 0 Å². The van der Waals surface area contributed by atoms with Crippen LogP contribution in [-0.4, -0.2) is 18.6 Å². The van der Waals surface area contributed by atoms with Gasteiger partial charge in [0, 0.05) is 12.6 Å². The van der Waals surface area contributed by atoms with Gasteiger partial charge in [0.05, 0.1) is 0 Å². The third kappa shape index (κ3) is 3.22. The fraction of sp³-hybridized carbons (Fsp3) is 0.417. The summed E-state index contributed by atoms with van der Waals surface area (Å²) in [4.78, 5) is 11.4. The first kappa shape index (κ1) is 12.5. The Balaban J connectivity index is 2.66. The lowest BCUT2D eigenvalue weighted by Crippen LogP contribution is -2.36. The molecule has 0 fully saturated rings. The largest absolute Gasteiger partial charge is 0.481 e. The van der Waals surface area contributed by atoms with Gasteiger partial charge in [0.2, 0.25) is 0 Å². The molecule has 1 unspecified atom stereocenters. The topological polar surface area (TPSA) is 38.3 Å². The van der Waals surface area contributed by atoms with Crippen molar-refractivity contribution >= 4 is 5.91 Å². The van der Waals surface area contributed by atoms with Gasteiger partial charge in [-0.3, -0.25) is 4.79 Å². The van der Waals surface area contributed by atoms with E-state index < -0.39 is 6.10 Å². The first-order valence-electron chi connectivity index (χ1n) is 5.25. The van der Waals surface area contributed by atoms with Crippen LogP contribution in [0, 0.1) is 12.7 Å². The molecule has 0 radical (unpaired) electrons. The molecular formula is C12H16FNO2. The summed E-state index contributed by atoms with van der Waals surface area (Å²) in [5, 5.41) is 2.63. The van der Waals surface area contributed by atoms with E-state index in [1.54, 1.807) is 26.0 Å². The lowest BCUT2D eigenvalue weighted by molar-refractivity contribution is -0.127. The Morgan fingerprint density at radius 2 is 2.25 bits per heavy atom. The Kier molecular flexibility index (Phi) is 4.28. The molecule has 0 bridgehead atoms. The molecule has 0 aromatic heterocycles. The zero-order valence-corrected chi connectivity index (χ0v) is 9.71. The van der Waals surface area contributed by atoms with Crippen molar-refractivity contribution in [3.05, 3.63) is 29.6 Å². The lowest BCUT2D eigenvalue weighted by atomic mass is 10.2. The summed E-state index contributed by atoms with van der Waals surface area (Å²) < 4.78 is 18.5. The average Bonchev–Trinajstić information content (AvgIpc) is 2.24. The molecule has 1 amide bonds. The zero-order chi connectivity index (χ0) is 12.1. The molecule has 1 aromatic carbocycles. The number of aryl methyl sites for hydroxylation is 1. The standard InChI is InChI=1S/C12H16FNO2/c1-4-14-12(15)9(3)16-10-6-5-8(2)11(13)7-10/h5-7,9H,4H2,1-3H3,(H,14,15). The number of carbonyl (C=O) groups excluding carboxylic acids is 1. The molecule has 0 heterocycles. The first-order valence-corrected chi connectivity index (χ1v) is 5.25. The minimum absolute atomic E-state index is 0.205. The highest BCUT2D eigenvalue weighted by Gasteiger charge is 2.13. The monoisotopic (exact) mass is 225 g/mol. The summed E-state index contributed by atoms with van der Waals surface area (Å²) in [5.41, 5.74) is 0.554. The molecular weight excluding hydrogens is 209 g/mol. The Morgan fingerprint density at radius 1 is 1.56 bits per heavy atom. The maximum Gasteiger partial charge on any atom is 0.260 e. The van der Waals surface area contributed by atoms with Crippen LogP contribution in [0.15, 0.2) is 18.2 Å². The van der Waals surface area contributed by atoms with Crippen molar-refractivity contribution in [2.75, 3.05) is 6.54 Å². The van der Waals surface area contributed by atoms with Gasteiger partial charge in [-0.25, -0.2) is 4.39 Å². The summed E-state index contributed by atoms with van der Waals surface area (Å²) >= 11 is 0. The molecule has 88 valence electrons. The van der Waals surface area contributed by atoms with E-state index in [9.17, 15) is 9.18 Å². The van der Waals surface area contributed by atoms with Crippen LogP contribution in [0.1, 0.15) is 19.4 Å². The second kappa shape index (κ2) is 5.49. The number of likely N-dealkylation sites (N-methyl/N-ethyl adjacent to an activating group) is 1. The summed E-state index contributed by atoms with van der Waals surface area (Å²) in [6, 6.07) is 4.55. The van der Waals surface area contributed by atoms with Gasteiger partial charge in [0.25, 0.3) is 5.91 Å². The molecule has 0 saturated carbocycles. The number of hydrogen-bond donors (Lipinski definition) is 1. The van der Waals surface area contributed by atoms with E-state index in [0.29, 0.717) is 17.9 Å². The average molecular weight is 225 g/mol. The molecule has 0 aliphatic heterocycles. The van der Waals surface area contributed by atoms with Crippen LogP contribution in [0.3, 0.4) is 0 Å². The first-order chi connectivity index (χ1) is 7.54. The third-order valence-electron chi connectivity index (χ3n) is 2.18. The highest BCUT2D eigenvalue weighted by Crippen LogP contribution is 2.17. The van der Waals surface area contributed by atoms with Crippen molar-refractivity contribution in [2.24, 2.45) is 0 Å². The fourth-order valence-corrected chi connectivity index (χ4v) is 1.22. The van der Waals surface area contributed by atoms with Gasteiger partial charge < -0.3 is 10.1 Å². The molecule has 0 aliphatic rings. The van der Waals surface area contributed by atoms with Crippen molar-refractivity contribution in [1.29, 1.82) is 0 Å². The minimum Gasteiger partial charge on any atom is -0.481 e. The van der Waals surface area contributed by atoms with Gasteiger partial charge in [-0.2, -0.15) is 0 Å². The Labute approximate surface area is 94.6 Å². The summed E-state index contributed by atoms with van der Waals surface area (Å²) in [7, 11) is 0. The van der Waals surface area contributed by atoms with Gasteiger partial charge in [-0.1, -0.05) is 6.07 Å². The number of halogens is 1. The normalized spacial score (nSPS) is 12.0. The van der Waals surface area contributed by atoms with Crippen LogP contribution in [0.2, 0.25) is 0 Å². The van der Waals surface area contributed by atoms with Crippen molar-refractivity contribution in [3.8, 4) is 5.75 Å². The Morgan fingerprint density at radius 3 is 2.81 bits per heavy atom. The summed E-state index contributed by atoms with van der Waals surface area (Å²) in [6.45, 7) is 5.68. The van der Waals surface area contributed by atoms with Crippen molar-refractivity contribution in [2.45, 2.75) is 26.9 Å². The predicted octanol–water partition coefficient (Wildman–Crippen LogP) is 2.04. The van der Waals surface area contributed by atoms with Crippen LogP contribution in [-0.2, 0) is 4.79 Å². The van der Waals surface area contributed by atoms with E-state index in [2.05, 4.69) is 5.32 Å². The number of nitrogens with one attached hydrogen (secondary N) is 1. The van der Waals surface area contributed by atoms with Crippen LogP contribution in [0.5, 0.6) is 5.75 Å². The van der Waals surface area contributed by atoms with Crippen LogP contribution in [0.4, 0.5) is 4.39 Å². The number of carbonyl (C=O) groups is 1. The molecule has 1 rings (SSSR count). The van der Waals surface area contributed by atoms with E-state index in [4.69, 9.17) is 4.74 Å². The predicted molar refractivity (Wildman–Crippen MR) is 59.9 cm³/mol. The Hall–Kier alpha value is -1.58. The fourth-order valence-electron chi connectivity index (χ4n) is 1.22.